The molecule has 19 heavy (non-hydrogen) atoms. The molecule has 1 aromatic rings. The minimum absolute atomic E-state index is 0.205. The van der Waals surface area contributed by atoms with E-state index in [0.29, 0.717) is 18.9 Å². The van der Waals surface area contributed by atoms with Gasteiger partial charge in [0.1, 0.15) is 0 Å². The van der Waals surface area contributed by atoms with Gasteiger partial charge in [0, 0.05) is 29.6 Å². The fraction of sp³-hybridized carbons (Fsp3) is 0.533. The van der Waals surface area contributed by atoms with Crippen LogP contribution in [-0.2, 0) is 0 Å². The Kier molecular flexibility index (Phi) is 5.55. The second kappa shape index (κ2) is 7.17. The molecular formula is C15H20BrNO2. The monoisotopic (exact) mass is 325 g/mol. The van der Waals surface area contributed by atoms with Crippen LogP contribution < -0.4 is 0 Å². The van der Waals surface area contributed by atoms with Crippen molar-refractivity contribution in [1.82, 2.24) is 4.90 Å². The number of Topliss-reactive ketones (excluding diaryl/α,β-unsaturated/α-hetero) is 1. The zero-order chi connectivity index (χ0) is 13.7. The molecule has 1 saturated heterocycles. The van der Waals surface area contributed by atoms with Crippen molar-refractivity contribution in [3.05, 3.63) is 34.3 Å². The van der Waals surface area contributed by atoms with Crippen molar-refractivity contribution in [2.24, 2.45) is 5.92 Å². The summed E-state index contributed by atoms with van der Waals surface area (Å²) in [6, 6.07) is 7.54. The summed E-state index contributed by atoms with van der Waals surface area (Å²) in [5.74, 6) is 0.662. The Labute approximate surface area is 122 Å². The van der Waals surface area contributed by atoms with E-state index in [1.54, 1.807) is 0 Å². The van der Waals surface area contributed by atoms with Gasteiger partial charge in [0.15, 0.2) is 5.78 Å². The first-order valence-electron chi connectivity index (χ1n) is 6.81. The maximum atomic E-state index is 12.0. The Bertz CT molecular complexity index is 411. The third-order valence-corrected chi connectivity index (χ3v) is 4.32. The summed E-state index contributed by atoms with van der Waals surface area (Å²) < 4.78 is 0.995. The van der Waals surface area contributed by atoms with E-state index in [9.17, 15) is 4.79 Å². The summed E-state index contributed by atoms with van der Waals surface area (Å²) in [6.07, 6.45) is 2.66. The molecule has 1 aliphatic heterocycles. The second-order valence-electron chi connectivity index (χ2n) is 5.15. The first-order valence-corrected chi connectivity index (χ1v) is 7.60. The highest BCUT2D eigenvalue weighted by Crippen LogP contribution is 2.17. The maximum Gasteiger partial charge on any atom is 0.164 e. The molecule has 4 heteroatoms. The van der Waals surface area contributed by atoms with E-state index in [0.717, 1.165) is 42.5 Å². The maximum absolute atomic E-state index is 12.0. The zero-order valence-electron chi connectivity index (χ0n) is 11.0. The van der Waals surface area contributed by atoms with Crippen LogP contribution in [-0.4, -0.2) is 42.0 Å². The van der Waals surface area contributed by atoms with Gasteiger partial charge < -0.3 is 10.0 Å². The average molecular weight is 326 g/mol. The number of benzene rings is 1. The largest absolute Gasteiger partial charge is 0.396 e. The van der Waals surface area contributed by atoms with Crippen LogP contribution in [0.4, 0.5) is 0 Å². The van der Waals surface area contributed by atoms with E-state index < -0.39 is 0 Å². The molecule has 3 nitrogen and oxygen atoms in total. The van der Waals surface area contributed by atoms with Crippen molar-refractivity contribution in [1.29, 1.82) is 0 Å². The van der Waals surface area contributed by atoms with E-state index in [1.165, 1.54) is 0 Å². The van der Waals surface area contributed by atoms with Crippen LogP contribution in [0.1, 0.15) is 29.6 Å². The summed E-state index contributed by atoms with van der Waals surface area (Å²) in [7, 11) is 0. The number of aliphatic hydroxyl groups is 1. The van der Waals surface area contributed by atoms with Crippen molar-refractivity contribution in [2.45, 2.75) is 19.3 Å². The molecule has 0 amide bonds. The molecule has 1 heterocycles. The molecule has 0 spiro atoms. The lowest BCUT2D eigenvalue weighted by Gasteiger charge is -2.30. The van der Waals surface area contributed by atoms with Crippen LogP contribution in [0, 0.1) is 5.92 Å². The fourth-order valence-electron chi connectivity index (χ4n) is 2.43. The molecular weight excluding hydrogens is 306 g/mol. The number of halogens is 1. The minimum atomic E-state index is 0.205. The summed E-state index contributed by atoms with van der Waals surface area (Å²) >= 11 is 3.37. The Morgan fingerprint density at radius 3 is 2.47 bits per heavy atom. The van der Waals surface area contributed by atoms with E-state index in [2.05, 4.69) is 20.8 Å². The first-order chi connectivity index (χ1) is 9.19. The molecule has 1 N–H and O–H groups in total. The highest BCUT2D eigenvalue weighted by molar-refractivity contribution is 9.10. The van der Waals surface area contributed by atoms with Gasteiger partial charge in [-0.15, -0.1) is 0 Å². The quantitative estimate of drug-likeness (QED) is 0.846. The number of ketones is 1. The molecule has 104 valence electrons. The number of aliphatic hydroxyl groups excluding tert-OH is 1. The number of nitrogens with zero attached hydrogens (tertiary/aromatic N) is 1. The summed E-state index contributed by atoms with van der Waals surface area (Å²) in [5, 5.41) is 9.09. The van der Waals surface area contributed by atoms with Crippen LogP contribution in [0.5, 0.6) is 0 Å². The predicted octanol–water partition coefficient (Wildman–Crippen LogP) is 2.73. The number of carbonyl (C=O) groups excluding carboxylic acids is 1. The summed E-state index contributed by atoms with van der Waals surface area (Å²) in [4.78, 5) is 14.4. The molecule has 0 bridgehead atoms. The van der Waals surface area contributed by atoms with Crippen LogP contribution in [0.3, 0.4) is 0 Å². The number of likely N-dealkylation sites (tertiary alicyclic amines) is 1. The fourth-order valence-corrected chi connectivity index (χ4v) is 2.70. The summed E-state index contributed by atoms with van der Waals surface area (Å²) in [5.41, 5.74) is 0.786. The molecule has 0 saturated carbocycles. The van der Waals surface area contributed by atoms with Crippen LogP contribution in [0.2, 0.25) is 0 Å². The van der Waals surface area contributed by atoms with E-state index in [-0.39, 0.29) is 5.78 Å². The molecule has 0 aromatic heterocycles. The number of piperidine rings is 1. The molecule has 1 aromatic carbocycles. The van der Waals surface area contributed by atoms with Gasteiger partial charge in [-0.25, -0.2) is 0 Å². The van der Waals surface area contributed by atoms with Gasteiger partial charge in [-0.05, 0) is 44.0 Å². The highest BCUT2D eigenvalue weighted by Gasteiger charge is 2.18. The van der Waals surface area contributed by atoms with Crippen LogP contribution in [0.25, 0.3) is 0 Å². The number of carbonyl (C=O) groups is 1. The van der Waals surface area contributed by atoms with Crippen molar-refractivity contribution < 1.29 is 9.90 Å². The van der Waals surface area contributed by atoms with Crippen LogP contribution >= 0.6 is 15.9 Å². The number of hydrogen-bond acceptors (Lipinski definition) is 3. The highest BCUT2D eigenvalue weighted by atomic mass is 79.9. The lowest BCUT2D eigenvalue weighted by molar-refractivity contribution is 0.0933. The average Bonchev–Trinajstić information content (AvgIpc) is 2.46. The van der Waals surface area contributed by atoms with Crippen molar-refractivity contribution in [3.8, 4) is 0 Å². The normalized spacial score (nSPS) is 17.6. The zero-order valence-corrected chi connectivity index (χ0v) is 12.6. The topological polar surface area (TPSA) is 40.5 Å². The first kappa shape index (κ1) is 14.7. The number of rotatable bonds is 5. The van der Waals surface area contributed by atoms with E-state index >= 15 is 0 Å². The third kappa shape index (κ3) is 4.41. The van der Waals surface area contributed by atoms with E-state index in [4.69, 9.17) is 5.11 Å². The molecule has 2 rings (SSSR count). The van der Waals surface area contributed by atoms with Gasteiger partial charge in [-0.3, -0.25) is 4.79 Å². The van der Waals surface area contributed by atoms with Crippen molar-refractivity contribution in [3.63, 3.8) is 0 Å². The third-order valence-electron chi connectivity index (χ3n) is 3.79. The Morgan fingerprint density at radius 1 is 1.26 bits per heavy atom. The Morgan fingerprint density at radius 2 is 1.89 bits per heavy atom. The van der Waals surface area contributed by atoms with Crippen molar-refractivity contribution >= 4 is 21.7 Å². The van der Waals surface area contributed by atoms with E-state index in [1.807, 2.05) is 24.3 Å². The van der Waals surface area contributed by atoms with Gasteiger partial charge in [0.05, 0.1) is 0 Å². The van der Waals surface area contributed by atoms with Gasteiger partial charge in [-0.2, -0.15) is 0 Å². The molecule has 1 aliphatic rings. The second-order valence-corrected chi connectivity index (χ2v) is 6.06. The lowest BCUT2D eigenvalue weighted by atomic mass is 9.97. The predicted molar refractivity (Wildman–Crippen MR) is 79.3 cm³/mol. The van der Waals surface area contributed by atoms with Gasteiger partial charge in [0.2, 0.25) is 0 Å². The molecule has 0 radical (unpaired) electrons. The summed E-state index contributed by atoms with van der Waals surface area (Å²) in [6.45, 7) is 3.12. The van der Waals surface area contributed by atoms with Crippen LogP contribution in [0.15, 0.2) is 28.7 Å². The molecule has 0 unspecified atom stereocenters. The van der Waals surface area contributed by atoms with Gasteiger partial charge >= 0.3 is 0 Å². The SMILES string of the molecule is O=C(CCN1CCC(CO)CC1)c1ccc(Br)cc1. The Hall–Kier alpha value is -0.710. The Balaban J connectivity index is 1.76. The standard InChI is InChI=1S/C15H20BrNO2/c16-14-3-1-13(2-4-14)15(19)7-10-17-8-5-12(11-18)6-9-17/h1-4,12,18H,5-11H2. The minimum Gasteiger partial charge on any atom is -0.396 e. The van der Waals surface area contributed by atoms with Crippen molar-refractivity contribution in [2.75, 3.05) is 26.2 Å². The lowest BCUT2D eigenvalue weighted by Crippen LogP contribution is -2.36. The molecule has 1 fully saturated rings. The molecule has 0 atom stereocenters. The van der Waals surface area contributed by atoms with Gasteiger partial charge in [0.25, 0.3) is 0 Å². The number of hydrogen-bond donors (Lipinski definition) is 1. The molecule has 0 aliphatic carbocycles. The smallest absolute Gasteiger partial charge is 0.164 e. The van der Waals surface area contributed by atoms with Gasteiger partial charge in [-0.1, -0.05) is 28.1 Å².